The quantitative estimate of drug-likeness (QED) is 0.0603. The van der Waals surface area contributed by atoms with E-state index in [-0.39, 0.29) is 48.5 Å². The number of rotatable bonds is 11. The number of aliphatic imine (C=N–C) groups is 1. The molecule has 8 rings (SSSR count). The highest BCUT2D eigenvalue weighted by molar-refractivity contribution is 7.90. The number of para-hydroxylation sites is 1. The van der Waals surface area contributed by atoms with Gasteiger partial charge in [-0.2, -0.15) is 4.99 Å². The molecule has 2 aromatic carbocycles. The number of carbonyl (C=O) groups is 4. The number of ether oxygens (including phenoxy) is 3. The topological polar surface area (TPSA) is 249 Å². The van der Waals surface area contributed by atoms with Gasteiger partial charge < -0.3 is 40.4 Å². The molecule has 0 radical (unpaired) electrons. The Bertz CT molecular complexity index is 2790. The van der Waals surface area contributed by atoms with Crippen molar-refractivity contribution in [3.8, 4) is 22.9 Å². The van der Waals surface area contributed by atoms with E-state index in [1.165, 1.54) is 40.5 Å². The Kier molecular flexibility index (Phi) is 15.9. The van der Waals surface area contributed by atoms with Crippen LogP contribution in [0.2, 0.25) is 0 Å². The van der Waals surface area contributed by atoms with Crippen LogP contribution in [0.3, 0.4) is 0 Å². The van der Waals surface area contributed by atoms with Crippen molar-refractivity contribution in [2.45, 2.75) is 138 Å². The van der Waals surface area contributed by atoms with Gasteiger partial charge in [-0.1, -0.05) is 43.9 Å². The lowest BCUT2D eigenvalue weighted by atomic mass is 10.0. The third kappa shape index (κ3) is 11.8. The minimum atomic E-state index is -4.59. The van der Waals surface area contributed by atoms with Crippen LogP contribution in [-0.4, -0.2) is 115 Å². The van der Waals surface area contributed by atoms with Gasteiger partial charge in [0.1, 0.15) is 58.0 Å². The van der Waals surface area contributed by atoms with Crippen molar-refractivity contribution in [2.75, 3.05) is 30.8 Å². The molecule has 4 heterocycles. The Morgan fingerprint density at radius 1 is 0.986 bits per heavy atom. The van der Waals surface area contributed by atoms with E-state index in [0.29, 0.717) is 58.3 Å². The van der Waals surface area contributed by atoms with Gasteiger partial charge in [-0.3, -0.25) is 14.4 Å². The summed E-state index contributed by atoms with van der Waals surface area (Å²) in [7, 11) is -3.04. The van der Waals surface area contributed by atoms with Crippen molar-refractivity contribution in [3.63, 3.8) is 0 Å². The number of alkyl carbamates (subject to hydrolysis) is 1. The third-order valence-corrected chi connectivity index (χ3v) is 15.7. The number of hydrogen-bond acceptors (Lipinski definition) is 16. The van der Waals surface area contributed by atoms with Crippen LogP contribution in [0.1, 0.15) is 90.9 Å². The molecule has 19 nitrogen and oxygen atoms in total. The zero-order valence-corrected chi connectivity index (χ0v) is 41.7. The first-order valence-corrected chi connectivity index (χ1v) is 26.6. The van der Waals surface area contributed by atoms with E-state index in [9.17, 15) is 22.8 Å². The van der Waals surface area contributed by atoms with Crippen molar-refractivity contribution in [2.24, 2.45) is 10.9 Å². The average molecular weight is 1010 g/mol. The largest absolute Gasteiger partial charge is 0.497 e. The summed E-state index contributed by atoms with van der Waals surface area (Å²) in [5, 5.41) is 15.2. The predicted octanol–water partition coefficient (Wildman–Crippen LogP) is 6.61. The zero-order chi connectivity index (χ0) is 50.3. The standard InChI is InChI=1S/C50H61N9O10S2/c1-5-31-26-50(31,52-29-60)44-46(62)58-71(65,66)43-19-13-12-17-36(43)51-22-14-8-6-7-9-18-37(56-49(64)69-32-15-10-11-16-32)47(63)59-27-34(24-41(59)45(61)57-44)68-42-25-39(40-28-70-48(55-40)53-30(2)3)54-38-23-33(67-4)20-21-35(38)42/h5,12-13,17,19-21,23,25,28,30-32,34,37,41,44,51H,1,6-11,14-16,18,22,24,26-27H2,2-4H3,(H,53,55)(H,56,64)(H,57,61)(H,58,62)/t31-,34-,37+,41+,44?,50-/m1/s1. The Morgan fingerprint density at radius 2 is 1.75 bits per heavy atom. The maximum Gasteiger partial charge on any atom is 0.408 e. The highest BCUT2D eigenvalue weighted by Crippen LogP contribution is 2.51. The molecular weight excluding hydrogens is 951 g/mol. The Labute approximate surface area is 417 Å². The number of anilines is 2. The van der Waals surface area contributed by atoms with E-state index in [1.807, 2.05) is 19.2 Å². The molecule has 2 aromatic heterocycles. The van der Waals surface area contributed by atoms with Crippen LogP contribution < -0.4 is 35.5 Å². The van der Waals surface area contributed by atoms with Gasteiger partial charge >= 0.3 is 6.09 Å². The number of sulfonamides is 1. The molecule has 2 aliphatic heterocycles. The number of aromatic nitrogens is 2. The number of isocyanates is 1. The van der Waals surface area contributed by atoms with E-state index >= 15 is 9.59 Å². The molecule has 4 aromatic rings. The lowest BCUT2D eigenvalue weighted by molar-refractivity contribution is -0.141. The number of pyridine rings is 1. The van der Waals surface area contributed by atoms with Crippen LogP contribution in [0.5, 0.6) is 11.5 Å². The molecular formula is C50H61N9O10S2. The normalized spacial score (nSPS) is 25.3. The Hall–Kier alpha value is -6.57. The molecule has 378 valence electrons. The maximum absolute atomic E-state index is 15.1. The average Bonchev–Trinajstić information content (AvgIpc) is 3.76. The van der Waals surface area contributed by atoms with Crippen LogP contribution in [0, 0.1) is 5.92 Å². The van der Waals surface area contributed by atoms with Gasteiger partial charge in [-0.15, -0.1) is 17.9 Å². The number of nitrogens with zero attached hydrogens (tertiary/aromatic N) is 4. The highest BCUT2D eigenvalue weighted by atomic mass is 32.2. The van der Waals surface area contributed by atoms with E-state index in [0.717, 1.165) is 44.9 Å². The summed E-state index contributed by atoms with van der Waals surface area (Å²) in [4.78, 5) is 85.0. The third-order valence-electron chi connectivity index (χ3n) is 13.5. The summed E-state index contributed by atoms with van der Waals surface area (Å²) in [6.45, 7) is 8.14. The van der Waals surface area contributed by atoms with Crippen LogP contribution in [0.25, 0.3) is 22.3 Å². The second-order valence-corrected chi connectivity index (χ2v) is 21.4. The van der Waals surface area contributed by atoms with Gasteiger partial charge in [-0.25, -0.2) is 32.7 Å². The van der Waals surface area contributed by atoms with Gasteiger partial charge in [0.2, 0.25) is 17.9 Å². The van der Waals surface area contributed by atoms with Crippen LogP contribution in [-0.2, 0) is 33.9 Å². The summed E-state index contributed by atoms with van der Waals surface area (Å²) in [6, 6.07) is 9.20. The van der Waals surface area contributed by atoms with Gasteiger partial charge in [-0.05, 0) is 83.1 Å². The van der Waals surface area contributed by atoms with Crippen molar-refractivity contribution in [1.29, 1.82) is 0 Å². The molecule has 71 heavy (non-hydrogen) atoms. The smallest absolute Gasteiger partial charge is 0.408 e. The molecule has 4 amide bonds. The highest BCUT2D eigenvalue weighted by Gasteiger charge is 2.62. The van der Waals surface area contributed by atoms with Gasteiger partial charge in [0, 0.05) is 47.8 Å². The number of carbonyl (C=O) groups excluding carboxylic acids is 5. The van der Waals surface area contributed by atoms with Crippen LogP contribution in [0.15, 0.2) is 76.5 Å². The monoisotopic (exact) mass is 1010 g/mol. The molecule has 2 aliphatic carbocycles. The minimum absolute atomic E-state index is 0.0622. The fourth-order valence-corrected chi connectivity index (χ4v) is 11.8. The number of fused-ring (bicyclic) bond motifs is 3. The SMILES string of the molecule is C=C[C@@H]1C[C@]1(N=C=O)C1NC(=O)[C@@H]2C[C@@H](Oc3cc(-c4csc(NC(C)C)n4)nc4cc(OC)ccc34)CN2C(=O)[C@@H](NC(=O)OC2CCCC2)CCCCCCCNc2ccccc2S(=O)(=O)NC1=O. The summed E-state index contributed by atoms with van der Waals surface area (Å²) < 4.78 is 48.4. The van der Waals surface area contributed by atoms with Crippen molar-refractivity contribution in [1.82, 2.24) is 30.2 Å². The number of amides is 4. The van der Waals surface area contributed by atoms with Crippen molar-refractivity contribution >= 4 is 73.0 Å². The Balaban J connectivity index is 1.17. The van der Waals surface area contributed by atoms with E-state index in [2.05, 4.69) is 37.6 Å². The molecule has 4 aliphatic rings. The number of hydrogen-bond donors (Lipinski definition) is 5. The van der Waals surface area contributed by atoms with Crippen molar-refractivity contribution < 1.29 is 46.6 Å². The van der Waals surface area contributed by atoms with Gasteiger partial charge in [0.25, 0.3) is 15.9 Å². The zero-order valence-electron chi connectivity index (χ0n) is 40.1. The minimum Gasteiger partial charge on any atom is -0.497 e. The van der Waals surface area contributed by atoms with E-state index in [4.69, 9.17) is 24.2 Å². The van der Waals surface area contributed by atoms with Gasteiger partial charge in [0.15, 0.2) is 5.13 Å². The lowest BCUT2D eigenvalue weighted by Crippen LogP contribution is -2.60. The maximum atomic E-state index is 15.1. The first kappa shape index (κ1) is 50.8. The second-order valence-electron chi connectivity index (χ2n) is 18.8. The molecule has 2 saturated carbocycles. The number of benzene rings is 2. The summed E-state index contributed by atoms with van der Waals surface area (Å²) in [5.74, 6) is -2.27. The summed E-state index contributed by atoms with van der Waals surface area (Å²) in [6.07, 6.45) is 8.13. The number of thiazole rings is 1. The Morgan fingerprint density at radius 3 is 2.49 bits per heavy atom. The molecule has 21 heteroatoms. The number of methoxy groups -OCH3 is 1. The molecule has 6 atom stereocenters. The first-order valence-electron chi connectivity index (χ1n) is 24.3. The molecule has 3 fully saturated rings. The fourth-order valence-electron chi connectivity index (χ4n) is 9.75. The molecule has 1 unspecified atom stereocenters. The fraction of sp³-hybridized carbons (Fsp3) is 0.500. The van der Waals surface area contributed by atoms with E-state index < -0.39 is 69.5 Å². The molecule has 0 bridgehead atoms. The predicted molar refractivity (Wildman–Crippen MR) is 267 cm³/mol. The van der Waals surface area contributed by atoms with Crippen LogP contribution >= 0.6 is 11.3 Å². The van der Waals surface area contributed by atoms with Crippen LogP contribution in [0.4, 0.5) is 15.6 Å². The first-order chi connectivity index (χ1) is 34.2. The molecule has 1 saturated heterocycles. The molecule has 5 N–H and O–H groups in total. The second kappa shape index (κ2) is 22.2. The summed E-state index contributed by atoms with van der Waals surface area (Å²) in [5.41, 5.74) is 0.255. The summed E-state index contributed by atoms with van der Waals surface area (Å²) >= 11 is 1.43. The lowest BCUT2D eigenvalue weighted by Gasteiger charge is -2.31. The van der Waals surface area contributed by atoms with E-state index in [1.54, 1.807) is 43.5 Å². The van der Waals surface area contributed by atoms with Crippen molar-refractivity contribution in [3.05, 3.63) is 66.6 Å². The van der Waals surface area contributed by atoms with Gasteiger partial charge in [0.05, 0.1) is 30.6 Å². The number of nitrogens with one attached hydrogen (secondary N) is 5. The molecule has 0 spiro atoms.